The first-order chi connectivity index (χ1) is 9.12. The molecule has 0 aliphatic rings. The number of hydrogen-bond acceptors (Lipinski definition) is 5. The van der Waals surface area contributed by atoms with Crippen LogP contribution in [0.4, 0.5) is 5.00 Å². The number of rotatable bonds is 5. The molecule has 110 valence electrons. The van der Waals surface area contributed by atoms with Crippen molar-refractivity contribution in [1.82, 2.24) is 4.90 Å². The quantitative estimate of drug-likeness (QED) is 0.664. The minimum Gasteiger partial charge on any atom is -0.481 e. The van der Waals surface area contributed by atoms with Gasteiger partial charge < -0.3 is 10.0 Å². The second-order valence-corrected chi connectivity index (χ2v) is 6.09. The summed E-state index contributed by atoms with van der Waals surface area (Å²) in [6.07, 6.45) is -0.171. The summed E-state index contributed by atoms with van der Waals surface area (Å²) in [4.78, 5) is 34.5. The van der Waals surface area contributed by atoms with Crippen LogP contribution in [-0.4, -0.2) is 38.9 Å². The van der Waals surface area contributed by atoms with Crippen LogP contribution < -0.4 is 0 Å². The first-order valence-electron chi connectivity index (χ1n) is 5.89. The molecule has 1 amide bonds. The molecule has 0 aliphatic carbocycles. The summed E-state index contributed by atoms with van der Waals surface area (Å²) in [5, 5.41) is 20.7. The average Bonchev–Trinajstić information content (AvgIpc) is 2.75. The van der Waals surface area contributed by atoms with Gasteiger partial charge in [-0.3, -0.25) is 19.7 Å². The van der Waals surface area contributed by atoms with Crippen LogP contribution in [-0.2, 0) is 4.79 Å². The van der Waals surface area contributed by atoms with Crippen molar-refractivity contribution >= 4 is 28.2 Å². The highest BCUT2D eigenvalue weighted by Gasteiger charge is 2.29. The molecule has 0 spiro atoms. The summed E-state index contributed by atoms with van der Waals surface area (Å²) < 4.78 is 0. The Kier molecular flexibility index (Phi) is 4.83. The number of hydrogen-bond donors (Lipinski definition) is 1. The van der Waals surface area contributed by atoms with Crippen molar-refractivity contribution in [1.29, 1.82) is 0 Å². The first kappa shape index (κ1) is 16.1. The Bertz CT molecular complexity index is 532. The van der Waals surface area contributed by atoms with Crippen LogP contribution >= 0.6 is 11.3 Å². The molecular formula is C12H16N2O5S. The Labute approximate surface area is 120 Å². The number of carboxylic acid groups (broad SMARTS) is 1. The van der Waals surface area contributed by atoms with Crippen molar-refractivity contribution in [2.75, 3.05) is 6.54 Å². The lowest BCUT2D eigenvalue weighted by Gasteiger charge is -2.35. The summed E-state index contributed by atoms with van der Waals surface area (Å²) in [5.74, 6) is -1.40. The van der Waals surface area contributed by atoms with Gasteiger partial charge in [0, 0.05) is 23.5 Å². The topological polar surface area (TPSA) is 101 Å². The van der Waals surface area contributed by atoms with Gasteiger partial charge in [-0.25, -0.2) is 0 Å². The van der Waals surface area contributed by atoms with Crippen molar-refractivity contribution in [2.45, 2.75) is 32.7 Å². The SMILES string of the molecule is CC(C)(C)N(CCC(=O)O)C(=O)c1csc([N+](=O)[O-])c1. The molecule has 0 bridgehead atoms. The summed E-state index contributed by atoms with van der Waals surface area (Å²) >= 11 is 0.876. The smallest absolute Gasteiger partial charge is 0.324 e. The van der Waals surface area contributed by atoms with Gasteiger partial charge in [0.1, 0.15) is 0 Å². The van der Waals surface area contributed by atoms with E-state index < -0.39 is 22.3 Å². The van der Waals surface area contributed by atoms with Crippen LogP contribution in [0.1, 0.15) is 37.6 Å². The van der Waals surface area contributed by atoms with E-state index in [1.165, 1.54) is 16.3 Å². The van der Waals surface area contributed by atoms with E-state index in [0.717, 1.165) is 11.3 Å². The molecular weight excluding hydrogens is 284 g/mol. The van der Waals surface area contributed by atoms with E-state index in [-0.39, 0.29) is 23.5 Å². The number of nitro groups is 1. The number of carbonyl (C=O) groups is 2. The van der Waals surface area contributed by atoms with Crippen LogP contribution in [0.5, 0.6) is 0 Å². The zero-order valence-electron chi connectivity index (χ0n) is 11.5. The average molecular weight is 300 g/mol. The Morgan fingerprint density at radius 1 is 1.45 bits per heavy atom. The molecule has 0 aromatic carbocycles. The fourth-order valence-electron chi connectivity index (χ4n) is 1.64. The number of amides is 1. The van der Waals surface area contributed by atoms with Gasteiger partial charge in [0.05, 0.1) is 16.9 Å². The van der Waals surface area contributed by atoms with Crippen LogP contribution in [0.15, 0.2) is 11.4 Å². The number of carbonyl (C=O) groups excluding carboxylic acids is 1. The maximum Gasteiger partial charge on any atom is 0.324 e. The maximum absolute atomic E-state index is 12.4. The number of thiophene rings is 1. The molecule has 1 aromatic heterocycles. The fourth-order valence-corrected chi connectivity index (χ4v) is 2.34. The normalized spacial score (nSPS) is 11.2. The summed E-state index contributed by atoms with van der Waals surface area (Å²) in [5.41, 5.74) is -0.356. The van der Waals surface area contributed by atoms with E-state index in [4.69, 9.17) is 5.11 Å². The minimum atomic E-state index is -0.997. The van der Waals surface area contributed by atoms with E-state index in [9.17, 15) is 19.7 Å². The lowest BCUT2D eigenvalue weighted by molar-refractivity contribution is -0.380. The highest BCUT2D eigenvalue weighted by molar-refractivity contribution is 7.13. The fraction of sp³-hybridized carbons (Fsp3) is 0.500. The molecule has 20 heavy (non-hydrogen) atoms. The zero-order chi connectivity index (χ0) is 15.5. The van der Waals surface area contributed by atoms with Crippen molar-refractivity contribution in [2.24, 2.45) is 0 Å². The highest BCUT2D eigenvalue weighted by atomic mass is 32.1. The van der Waals surface area contributed by atoms with Gasteiger partial charge in [-0.2, -0.15) is 0 Å². The minimum absolute atomic E-state index is 0.0569. The third-order valence-corrected chi connectivity index (χ3v) is 3.50. The van der Waals surface area contributed by atoms with Gasteiger partial charge in [0.15, 0.2) is 0 Å². The summed E-state index contributed by atoms with van der Waals surface area (Å²) in [6.45, 7) is 5.41. The zero-order valence-corrected chi connectivity index (χ0v) is 12.3. The highest BCUT2D eigenvalue weighted by Crippen LogP contribution is 2.26. The van der Waals surface area contributed by atoms with Gasteiger partial charge in [-0.1, -0.05) is 11.3 Å². The molecule has 0 radical (unpaired) electrons. The third-order valence-electron chi connectivity index (χ3n) is 2.62. The van der Waals surface area contributed by atoms with Crippen LogP contribution in [0, 0.1) is 10.1 Å². The van der Waals surface area contributed by atoms with Gasteiger partial charge in [0.2, 0.25) is 0 Å². The van der Waals surface area contributed by atoms with Crippen LogP contribution in [0.2, 0.25) is 0 Å². The molecule has 0 saturated heterocycles. The molecule has 0 aliphatic heterocycles. The van der Waals surface area contributed by atoms with Crippen LogP contribution in [0.3, 0.4) is 0 Å². The summed E-state index contributed by atoms with van der Waals surface area (Å²) in [7, 11) is 0. The van der Waals surface area contributed by atoms with Crippen molar-refractivity contribution < 1.29 is 19.6 Å². The van der Waals surface area contributed by atoms with E-state index in [1.54, 1.807) is 20.8 Å². The van der Waals surface area contributed by atoms with Crippen molar-refractivity contribution in [3.05, 3.63) is 27.1 Å². The monoisotopic (exact) mass is 300 g/mol. The van der Waals surface area contributed by atoms with E-state index in [1.807, 2.05) is 0 Å². The van der Waals surface area contributed by atoms with Crippen LogP contribution in [0.25, 0.3) is 0 Å². The van der Waals surface area contributed by atoms with E-state index >= 15 is 0 Å². The lowest BCUT2D eigenvalue weighted by atomic mass is 10.0. The Balaban J connectivity index is 2.97. The standard InChI is InChI=1S/C12H16N2O5S/c1-12(2,3)13(5-4-10(15)16)11(17)8-6-9(14(18)19)20-7-8/h6-7H,4-5H2,1-3H3,(H,15,16). The number of aliphatic carboxylic acids is 1. The second-order valence-electron chi connectivity index (χ2n) is 5.20. The predicted octanol–water partition coefficient (Wildman–Crippen LogP) is 2.37. The molecule has 7 nitrogen and oxygen atoms in total. The second kappa shape index (κ2) is 6.00. The molecule has 0 unspecified atom stereocenters. The Morgan fingerprint density at radius 3 is 2.45 bits per heavy atom. The van der Waals surface area contributed by atoms with E-state index in [0.29, 0.717) is 0 Å². The number of nitrogens with zero attached hydrogens (tertiary/aromatic N) is 2. The molecule has 8 heteroatoms. The van der Waals surface area contributed by atoms with Gasteiger partial charge in [-0.15, -0.1) is 0 Å². The summed E-state index contributed by atoms with van der Waals surface area (Å²) in [6, 6.07) is 1.21. The Morgan fingerprint density at radius 2 is 2.05 bits per heavy atom. The molecule has 1 rings (SSSR count). The maximum atomic E-state index is 12.4. The van der Waals surface area contributed by atoms with Crippen molar-refractivity contribution in [3.8, 4) is 0 Å². The molecule has 0 saturated carbocycles. The van der Waals surface area contributed by atoms with E-state index in [2.05, 4.69) is 0 Å². The molecule has 1 heterocycles. The largest absolute Gasteiger partial charge is 0.481 e. The third kappa shape index (κ3) is 4.02. The molecule has 0 atom stereocenters. The van der Waals surface area contributed by atoms with Crippen molar-refractivity contribution in [3.63, 3.8) is 0 Å². The van der Waals surface area contributed by atoms with Gasteiger partial charge in [0.25, 0.3) is 5.91 Å². The number of carboxylic acids is 1. The molecule has 1 aromatic rings. The molecule has 1 N–H and O–H groups in total. The molecule has 0 fully saturated rings. The predicted molar refractivity (Wildman–Crippen MR) is 74.0 cm³/mol. The first-order valence-corrected chi connectivity index (χ1v) is 6.77. The van der Waals surface area contributed by atoms with Gasteiger partial charge >= 0.3 is 11.0 Å². The Hall–Kier alpha value is -1.96. The van der Waals surface area contributed by atoms with Gasteiger partial charge in [-0.05, 0) is 20.8 Å². The lowest BCUT2D eigenvalue weighted by Crippen LogP contribution is -2.46.